The average Bonchev–Trinajstić information content (AvgIpc) is 3.30. The lowest BCUT2D eigenvalue weighted by Crippen LogP contribution is -2.23. The van der Waals surface area contributed by atoms with Crippen LogP contribution in [0.2, 0.25) is 0 Å². The molecule has 0 saturated heterocycles. The fourth-order valence-corrected chi connectivity index (χ4v) is 4.46. The van der Waals surface area contributed by atoms with E-state index in [0.717, 1.165) is 18.4 Å². The SMILES string of the molecule is COc1cncc(Cc2ccc(C(=O)c3c[nH]c4ncnc(NC5CCCCC5)c34)c(F)n2)c1. The molecule has 0 aromatic carbocycles. The first-order chi connectivity index (χ1) is 16.6. The number of H-pyrrole nitrogens is 1. The first-order valence-electron chi connectivity index (χ1n) is 11.4. The van der Waals surface area contributed by atoms with E-state index in [-0.39, 0.29) is 5.56 Å². The predicted molar refractivity (Wildman–Crippen MR) is 126 cm³/mol. The molecule has 0 radical (unpaired) electrons. The molecule has 1 saturated carbocycles. The number of hydrogen-bond donors (Lipinski definition) is 2. The molecule has 5 rings (SSSR count). The number of aromatic amines is 1. The lowest BCUT2D eigenvalue weighted by Gasteiger charge is -2.23. The van der Waals surface area contributed by atoms with E-state index in [9.17, 15) is 9.18 Å². The predicted octanol–water partition coefficient (Wildman–Crippen LogP) is 4.46. The number of carbonyl (C=O) groups is 1. The summed E-state index contributed by atoms with van der Waals surface area (Å²) < 4.78 is 20.2. The van der Waals surface area contributed by atoms with Crippen LogP contribution in [0.25, 0.3) is 11.0 Å². The minimum absolute atomic E-state index is 0.0964. The van der Waals surface area contributed by atoms with Crippen molar-refractivity contribution in [1.29, 1.82) is 0 Å². The van der Waals surface area contributed by atoms with Gasteiger partial charge in [-0.2, -0.15) is 4.39 Å². The highest BCUT2D eigenvalue weighted by molar-refractivity contribution is 6.18. The number of methoxy groups -OCH3 is 1. The van der Waals surface area contributed by atoms with Crippen molar-refractivity contribution in [3.05, 3.63) is 71.4 Å². The molecule has 0 aliphatic heterocycles. The third-order valence-corrected chi connectivity index (χ3v) is 6.20. The number of anilines is 1. The summed E-state index contributed by atoms with van der Waals surface area (Å²) in [5.41, 5.74) is 2.08. The summed E-state index contributed by atoms with van der Waals surface area (Å²) in [6.45, 7) is 0. The van der Waals surface area contributed by atoms with Crippen LogP contribution < -0.4 is 10.1 Å². The Morgan fingerprint density at radius 2 is 2.03 bits per heavy atom. The quantitative estimate of drug-likeness (QED) is 0.310. The maximum Gasteiger partial charge on any atom is 0.224 e. The van der Waals surface area contributed by atoms with E-state index in [4.69, 9.17) is 4.74 Å². The van der Waals surface area contributed by atoms with Crippen LogP contribution in [0, 0.1) is 5.95 Å². The maximum absolute atomic E-state index is 15.0. The number of nitrogens with zero attached hydrogens (tertiary/aromatic N) is 4. The maximum atomic E-state index is 15.0. The standard InChI is InChI=1S/C25H25FN6O2/c1-34-18-10-15(11-27-12-18)9-17-7-8-19(23(26)31-17)22(33)20-13-28-24-21(20)25(30-14-29-24)32-16-5-3-2-4-6-16/h7-8,10-14,16H,2-6,9H2,1H3,(H2,28,29,30,32). The van der Waals surface area contributed by atoms with Gasteiger partial charge in [-0.25, -0.2) is 15.0 Å². The van der Waals surface area contributed by atoms with Gasteiger partial charge in [-0.05, 0) is 36.6 Å². The third-order valence-electron chi connectivity index (χ3n) is 6.20. The number of hydrogen-bond acceptors (Lipinski definition) is 7. The highest BCUT2D eigenvalue weighted by atomic mass is 19.1. The van der Waals surface area contributed by atoms with Gasteiger partial charge in [0.25, 0.3) is 0 Å². The zero-order valence-electron chi connectivity index (χ0n) is 18.8. The van der Waals surface area contributed by atoms with Crippen LogP contribution in [-0.2, 0) is 6.42 Å². The third kappa shape index (κ3) is 4.46. The number of halogens is 1. The van der Waals surface area contributed by atoms with Crippen LogP contribution in [0.1, 0.15) is 59.3 Å². The van der Waals surface area contributed by atoms with Crippen molar-refractivity contribution in [3.8, 4) is 5.75 Å². The van der Waals surface area contributed by atoms with Gasteiger partial charge in [-0.1, -0.05) is 19.3 Å². The van der Waals surface area contributed by atoms with Crippen molar-refractivity contribution >= 4 is 22.6 Å². The molecule has 174 valence electrons. The van der Waals surface area contributed by atoms with Gasteiger partial charge in [0.2, 0.25) is 5.95 Å². The van der Waals surface area contributed by atoms with Crippen molar-refractivity contribution in [3.63, 3.8) is 0 Å². The Kier molecular flexibility index (Phi) is 6.16. The van der Waals surface area contributed by atoms with E-state index in [1.165, 1.54) is 31.7 Å². The van der Waals surface area contributed by atoms with Crippen LogP contribution in [0.15, 0.2) is 43.1 Å². The summed E-state index contributed by atoms with van der Waals surface area (Å²) in [6.07, 6.45) is 12.3. The Balaban J connectivity index is 1.42. The molecule has 8 nitrogen and oxygen atoms in total. The second-order valence-corrected chi connectivity index (χ2v) is 8.51. The molecule has 4 aromatic rings. The van der Waals surface area contributed by atoms with Crippen molar-refractivity contribution in [2.75, 3.05) is 12.4 Å². The van der Waals surface area contributed by atoms with Gasteiger partial charge in [-0.3, -0.25) is 9.78 Å². The van der Waals surface area contributed by atoms with Crippen LogP contribution in [0.3, 0.4) is 0 Å². The molecule has 9 heteroatoms. The number of aromatic nitrogens is 5. The van der Waals surface area contributed by atoms with E-state index < -0.39 is 11.7 Å². The molecular weight excluding hydrogens is 435 g/mol. The molecular formula is C25H25FN6O2. The Morgan fingerprint density at radius 3 is 2.82 bits per heavy atom. The van der Waals surface area contributed by atoms with Gasteiger partial charge in [0.15, 0.2) is 5.78 Å². The second-order valence-electron chi connectivity index (χ2n) is 8.51. The molecule has 2 N–H and O–H groups in total. The van der Waals surface area contributed by atoms with Crippen molar-refractivity contribution in [1.82, 2.24) is 24.9 Å². The minimum Gasteiger partial charge on any atom is -0.495 e. The first-order valence-corrected chi connectivity index (χ1v) is 11.4. The number of ether oxygens (including phenoxy) is 1. The van der Waals surface area contributed by atoms with Crippen LogP contribution in [0.4, 0.5) is 10.2 Å². The Hall–Kier alpha value is -3.88. The van der Waals surface area contributed by atoms with Gasteiger partial charge in [0.1, 0.15) is 23.5 Å². The number of carbonyl (C=O) groups excluding carboxylic acids is 1. The van der Waals surface area contributed by atoms with Crippen molar-refractivity contribution in [2.45, 2.75) is 44.6 Å². The number of pyridine rings is 2. The van der Waals surface area contributed by atoms with E-state index in [2.05, 4.69) is 30.2 Å². The molecule has 0 unspecified atom stereocenters. The lowest BCUT2D eigenvalue weighted by molar-refractivity contribution is 0.103. The largest absolute Gasteiger partial charge is 0.495 e. The van der Waals surface area contributed by atoms with Gasteiger partial charge >= 0.3 is 0 Å². The van der Waals surface area contributed by atoms with E-state index in [0.29, 0.717) is 46.3 Å². The Morgan fingerprint density at radius 1 is 1.18 bits per heavy atom. The summed E-state index contributed by atoms with van der Waals surface area (Å²) in [7, 11) is 1.56. The monoisotopic (exact) mass is 460 g/mol. The fourth-order valence-electron chi connectivity index (χ4n) is 4.46. The lowest BCUT2D eigenvalue weighted by atomic mass is 9.95. The summed E-state index contributed by atoms with van der Waals surface area (Å²) in [5.74, 6) is -0.0698. The summed E-state index contributed by atoms with van der Waals surface area (Å²) in [4.78, 5) is 33.1. The zero-order chi connectivity index (χ0) is 23.5. The molecule has 4 aromatic heterocycles. The summed E-state index contributed by atoms with van der Waals surface area (Å²) >= 11 is 0. The normalized spacial score (nSPS) is 14.3. The molecule has 0 amide bonds. The topological polar surface area (TPSA) is 106 Å². The second kappa shape index (κ2) is 9.54. The van der Waals surface area contributed by atoms with E-state index in [1.807, 2.05) is 6.07 Å². The molecule has 0 spiro atoms. The summed E-state index contributed by atoms with van der Waals surface area (Å²) in [6, 6.07) is 5.25. The molecule has 1 aliphatic carbocycles. The fraction of sp³-hybridized carbons (Fsp3) is 0.320. The van der Waals surface area contributed by atoms with Crippen LogP contribution in [0.5, 0.6) is 5.75 Å². The molecule has 34 heavy (non-hydrogen) atoms. The van der Waals surface area contributed by atoms with Crippen LogP contribution >= 0.6 is 0 Å². The summed E-state index contributed by atoms with van der Waals surface area (Å²) in [5, 5.41) is 4.04. The Bertz CT molecular complexity index is 1330. The Labute approximate surface area is 196 Å². The molecule has 0 bridgehead atoms. The van der Waals surface area contributed by atoms with Gasteiger partial charge in [0.05, 0.1) is 29.8 Å². The smallest absolute Gasteiger partial charge is 0.224 e. The zero-order valence-corrected chi connectivity index (χ0v) is 18.8. The highest BCUT2D eigenvalue weighted by Crippen LogP contribution is 2.29. The number of fused-ring (bicyclic) bond motifs is 1. The van der Waals surface area contributed by atoms with Gasteiger partial charge < -0.3 is 15.0 Å². The highest BCUT2D eigenvalue weighted by Gasteiger charge is 2.23. The first kappa shape index (κ1) is 21.9. The average molecular weight is 461 g/mol. The van der Waals surface area contributed by atoms with Crippen molar-refractivity contribution < 1.29 is 13.9 Å². The number of nitrogens with one attached hydrogen (secondary N) is 2. The molecule has 1 fully saturated rings. The van der Waals surface area contributed by atoms with Gasteiger partial charge in [0, 0.05) is 30.6 Å². The minimum atomic E-state index is -0.814. The van der Waals surface area contributed by atoms with E-state index >= 15 is 0 Å². The van der Waals surface area contributed by atoms with E-state index in [1.54, 1.807) is 31.8 Å². The van der Waals surface area contributed by atoms with Gasteiger partial charge in [-0.15, -0.1) is 0 Å². The number of ketones is 1. The van der Waals surface area contributed by atoms with Crippen molar-refractivity contribution in [2.24, 2.45) is 0 Å². The molecule has 4 heterocycles. The van der Waals surface area contributed by atoms with Crippen LogP contribution in [-0.4, -0.2) is 43.9 Å². The molecule has 1 aliphatic rings. The molecule has 0 atom stereocenters. The number of rotatable bonds is 7.